The third-order valence-corrected chi connectivity index (χ3v) is 5.93. The SMILES string of the molecule is Cc1nc(COc2ccc(/C=C(\C#N)C(=O)Nc3ccc(N4CCOCC4)cc3)cc2)cs1. The summed E-state index contributed by atoms with van der Waals surface area (Å²) < 4.78 is 11.1. The normalized spacial score (nSPS) is 13.9. The number of nitriles is 1. The van der Waals surface area contributed by atoms with Gasteiger partial charge in [-0.1, -0.05) is 12.1 Å². The van der Waals surface area contributed by atoms with Gasteiger partial charge in [0, 0.05) is 29.8 Å². The monoisotopic (exact) mass is 460 g/mol. The molecule has 1 amide bonds. The van der Waals surface area contributed by atoms with E-state index in [9.17, 15) is 10.1 Å². The van der Waals surface area contributed by atoms with E-state index >= 15 is 0 Å². The quantitative estimate of drug-likeness (QED) is 0.415. The molecular formula is C25H24N4O3S. The number of aryl methyl sites for hydroxylation is 1. The molecule has 168 valence electrons. The number of thiazole rings is 1. The van der Waals surface area contributed by atoms with E-state index in [2.05, 4.69) is 15.2 Å². The van der Waals surface area contributed by atoms with Gasteiger partial charge in [-0.25, -0.2) is 4.98 Å². The molecule has 0 radical (unpaired) electrons. The van der Waals surface area contributed by atoms with Gasteiger partial charge in [0.2, 0.25) is 0 Å². The van der Waals surface area contributed by atoms with Gasteiger partial charge >= 0.3 is 0 Å². The molecule has 0 atom stereocenters. The van der Waals surface area contributed by atoms with Crippen molar-refractivity contribution in [3.63, 3.8) is 0 Å². The Morgan fingerprint density at radius 3 is 2.58 bits per heavy atom. The minimum atomic E-state index is -0.448. The van der Waals surface area contributed by atoms with Crippen molar-refractivity contribution < 1.29 is 14.3 Å². The zero-order valence-electron chi connectivity index (χ0n) is 18.3. The van der Waals surface area contributed by atoms with Crippen molar-refractivity contribution in [2.45, 2.75) is 13.5 Å². The first kappa shape index (κ1) is 22.5. The number of morpholine rings is 1. The lowest BCUT2D eigenvalue weighted by Crippen LogP contribution is -2.36. The number of rotatable bonds is 7. The van der Waals surface area contributed by atoms with Crippen LogP contribution in [0.1, 0.15) is 16.3 Å². The maximum atomic E-state index is 12.6. The highest BCUT2D eigenvalue weighted by atomic mass is 32.1. The number of nitrogens with zero attached hydrogens (tertiary/aromatic N) is 3. The summed E-state index contributed by atoms with van der Waals surface area (Å²) in [5, 5.41) is 15.3. The first-order valence-electron chi connectivity index (χ1n) is 10.6. The predicted octanol–water partition coefficient (Wildman–Crippen LogP) is 4.41. The molecule has 1 saturated heterocycles. The average molecular weight is 461 g/mol. The van der Waals surface area contributed by atoms with Gasteiger partial charge in [-0.15, -0.1) is 11.3 Å². The Balaban J connectivity index is 1.35. The van der Waals surface area contributed by atoms with Crippen LogP contribution in [0.25, 0.3) is 6.08 Å². The van der Waals surface area contributed by atoms with Gasteiger partial charge < -0.3 is 19.7 Å². The first-order valence-corrected chi connectivity index (χ1v) is 11.5. The van der Waals surface area contributed by atoms with Crippen molar-refractivity contribution in [1.82, 2.24) is 4.98 Å². The molecule has 0 unspecified atom stereocenters. The van der Waals surface area contributed by atoms with Crippen LogP contribution >= 0.6 is 11.3 Å². The summed E-state index contributed by atoms with van der Waals surface area (Å²) in [4.78, 5) is 19.2. The summed E-state index contributed by atoms with van der Waals surface area (Å²) in [6.45, 7) is 5.48. The van der Waals surface area contributed by atoms with Gasteiger partial charge in [-0.2, -0.15) is 5.26 Å². The van der Waals surface area contributed by atoms with Gasteiger partial charge in [0.15, 0.2) is 0 Å². The van der Waals surface area contributed by atoms with Crippen molar-refractivity contribution in [1.29, 1.82) is 5.26 Å². The van der Waals surface area contributed by atoms with Gasteiger partial charge in [0.25, 0.3) is 5.91 Å². The highest BCUT2D eigenvalue weighted by Gasteiger charge is 2.13. The fraction of sp³-hybridized carbons (Fsp3) is 0.240. The maximum Gasteiger partial charge on any atom is 0.266 e. The van der Waals surface area contributed by atoms with E-state index in [0.717, 1.165) is 35.0 Å². The van der Waals surface area contributed by atoms with E-state index in [1.165, 1.54) is 0 Å². The maximum absolute atomic E-state index is 12.6. The molecule has 1 fully saturated rings. The third kappa shape index (κ3) is 6.19. The number of anilines is 2. The van der Waals surface area contributed by atoms with Crippen LogP contribution in [0, 0.1) is 18.3 Å². The molecule has 0 aliphatic carbocycles. The molecule has 0 spiro atoms. The van der Waals surface area contributed by atoms with Crippen LogP contribution in [0.15, 0.2) is 59.5 Å². The molecule has 1 aliphatic heterocycles. The van der Waals surface area contributed by atoms with E-state index in [1.54, 1.807) is 17.4 Å². The molecule has 0 saturated carbocycles. The second-order valence-electron chi connectivity index (χ2n) is 7.49. The van der Waals surface area contributed by atoms with E-state index in [4.69, 9.17) is 9.47 Å². The highest BCUT2D eigenvalue weighted by Crippen LogP contribution is 2.20. The van der Waals surface area contributed by atoms with E-state index in [-0.39, 0.29) is 5.57 Å². The molecule has 8 heteroatoms. The molecule has 0 bridgehead atoms. The Hall–Kier alpha value is -3.67. The number of hydrogen-bond donors (Lipinski definition) is 1. The number of amides is 1. The first-order chi connectivity index (χ1) is 16.1. The molecule has 4 rings (SSSR count). The number of carbonyl (C=O) groups excluding carboxylic acids is 1. The molecule has 3 aromatic rings. The number of aromatic nitrogens is 1. The van der Waals surface area contributed by atoms with E-state index in [1.807, 2.05) is 66.9 Å². The van der Waals surface area contributed by atoms with Crippen molar-refractivity contribution in [2.24, 2.45) is 0 Å². The van der Waals surface area contributed by atoms with E-state index < -0.39 is 5.91 Å². The molecule has 33 heavy (non-hydrogen) atoms. The minimum Gasteiger partial charge on any atom is -0.487 e. The number of benzene rings is 2. The molecule has 1 N–H and O–H groups in total. The van der Waals surface area contributed by atoms with Crippen molar-refractivity contribution >= 4 is 34.7 Å². The summed E-state index contributed by atoms with van der Waals surface area (Å²) in [7, 11) is 0. The van der Waals surface area contributed by atoms with Crippen LogP contribution in [0.5, 0.6) is 5.75 Å². The summed E-state index contributed by atoms with van der Waals surface area (Å²) in [6, 6.07) is 16.8. The summed E-state index contributed by atoms with van der Waals surface area (Å²) >= 11 is 1.59. The molecule has 1 aliphatic rings. The van der Waals surface area contributed by atoms with Crippen molar-refractivity contribution in [2.75, 3.05) is 36.5 Å². The van der Waals surface area contributed by atoms with Crippen molar-refractivity contribution in [3.05, 3.63) is 75.7 Å². The lowest BCUT2D eigenvalue weighted by atomic mass is 10.1. The third-order valence-electron chi connectivity index (χ3n) is 5.11. The van der Waals surface area contributed by atoms with Crippen LogP contribution in [0.4, 0.5) is 11.4 Å². The Bertz CT molecular complexity index is 1160. The number of ether oxygens (including phenoxy) is 2. The Labute approximate surface area is 196 Å². The van der Waals surface area contributed by atoms with Gasteiger partial charge in [-0.3, -0.25) is 4.79 Å². The number of nitrogens with one attached hydrogen (secondary N) is 1. The lowest BCUT2D eigenvalue weighted by Gasteiger charge is -2.28. The van der Waals surface area contributed by atoms with Gasteiger partial charge in [0.05, 0.1) is 23.9 Å². The zero-order valence-corrected chi connectivity index (χ0v) is 19.1. The fourth-order valence-electron chi connectivity index (χ4n) is 3.38. The Kier molecular flexibility index (Phi) is 7.35. The fourth-order valence-corrected chi connectivity index (χ4v) is 3.98. The van der Waals surface area contributed by atoms with E-state index in [0.29, 0.717) is 31.3 Å². The smallest absolute Gasteiger partial charge is 0.266 e. The highest BCUT2D eigenvalue weighted by molar-refractivity contribution is 7.09. The lowest BCUT2D eigenvalue weighted by molar-refractivity contribution is -0.112. The average Bonchev–Trinajstić information content (AvgIpc) is 3.28. The zero-order chi connectivity index (χ0) is 23.0. The largest absolute Gasteiger partial charge is 0.487 e. The summed E-state index contributed by atoms with van der Waals surface area (Å²) in [6.07, 6.45) is 1.56. The van der Waals surface area contributed by atoms with Crippen LogP contribution in [0.3, 0.4) is 0 Å². The van der Waals surface area contributed by atoms with Crippen LogP contribution in [-0.4, -0.2) is 37.2 Å². The summed E-state index contributed by atoms with van der Waals surface area (Å²) in [5.74, 6) is 0.247. The Morgan fingerprint density at radius 2 is 1.94 bits per heavy atom. The summed E-state index contributed by atoms with van der Waals surface area (Å²) in [5.41, 5.74) is 3.38. The molecule has 2 aromatic carbocycles. The van der Waals surface area contributed by atoms with Crippen LogP contribution < -0.4 is 15.0 Å². The van der Waals surface area contributed by atoms with Gasteiger partial charge in [-0.05, 0) is 55.0 Å². The molecular weight excluding hydrogens is 436 g/mol. The van der Waals surface area contributed by atoms with Gasteiger partial charge in [0.1, 0.15) is 24.0 Å². The number of carbonyl (C=O) groups is 1. The standard InChI is InChI=1S/C25H24N4O3S/c1-18-27-22(17-33-18)16-32-24-8-2-19(3-9-24)14-20(15-26)25(30)28-21-4-6-23(7-5-21)29-10-12-31-13-11-29/h2-9,14,17H,10-13,16H2,1H3,(H,28,30)/b20-14+. The Morgan fingerprint density at radius 1 is 1.21 bits per heavy atom. The topological polar surface area (TPSA) is 87.5 Å². The predicted molar refractivity (Wildman–Crippen MR) is 129 cm³/mol. The number of hydrogen-bond acceptors (Lipinski definition) is 7. The minimum absolute atomic E-state index is 0.0267. The van der Waals surface area contributed by atoms with Crippen molar-refractivity contribution in [3.8, 4) is 11.8 Å². The molecule has 1 aromatic heterocycles. The second kappa shape index (κ2) is 10.8. The van der Waals surface area contributed by atoms with Crippen LogP contribution in [-0.2, 0) is 16.1 Å². The molecule has 2 heterocycles. The second-order valence-corrected chi connectivity index (χ2v) is 8.55. The molecule has 7 nitrogen and oxygen atoms in total. The van der Waals surface area contributed by atoms with Crippen LogP contribution in [0.2, 0.25) is 0 Å².